The third-order valence-electron chi connectivity index (χ3n) is 2.21. The molecule has 0 radical (unpaired) electrons. The Morgan fingerprint density at radius 2 is 1.81 bits per heavy atom. The van der Waals surface area contributed by atoms with Gasteiger partial charge < -0.3 is 5.11 Å². The van der Waals surface area contributed by atoms with Crippen molar-refractivity contribution in [2.75, 3.05) is 0 Å². The fourth-order valence-corrected chi connectivity index (χ4v) is 1.65. The van der Waals surface area contributed by atoms with Crippen molar-refractivity contribution in [3.05, 3.63) is 42.0 Å². The van der Waals surface area contributed by atoms with Crippen molar-refractivity contribution in [3.63, 3.8) is 0 Å². The van der Waals surface area contributed by atoms with Gasteiger partial charge in [-0.2, -0.15) is 4.21 Å². The van der Waals surface area contributed by atoms with E-state index in [1.54, 1.807) is 0 Å². The number of amides is 1. The van der Waals surface area contributed by atoms with Crippen LogP contribution in [0.4, 0.5) is 0 Å². The third-order valence-corrected chi connectivity index (χ3v) is 2.45. The second-order valence-electron chi connectivity index (χ2n) is 3.19. The molecule has 16 heavy (non-hydrogen) atoms. The van der Waals surface area contributed by atoms with Gasteiger partial charge in [-0.25, -0.2) is 0 Å². The van der Waals surface area contributed by atoms with Crippen LogP contribution in [0.3, 0.4) is 0 Å². The van der Waals surface area contributed by atoms with Crippen molar-refractivity contribution < 1.29 is 14.1 Å². The van der Waals surface area contributed by atoms with Crippen LogP contribution < -0.4 is 0 Å². The summed E-state index contributed by atoms with van der Waals surface area (Å²) in [7, 11) is 0. The lowest BCUT2D eigenvalue weighted by Gasteiger charge is -2.02. The number of hydrogen-bond donors (Lipinski definition) is 1. The number of hydrogen-bond acceptors (Lipinski definition) is 3. The van der Waals surface area contributed by atoms with E-state index in [1.165, 1.54) is 12.1 Å². The maximum absolute atomic E-state index is 11.4. The predicted molar refractivity (Wildman–Crippen MR) is 60.5 cm³/mol. The fraction of sp³-hybridized carbons (Fsp3) is 0. The minimum absolute atomic E-state index is 0.0436. The highest BCUT2D eigenvalue weighted by Crippen LogP contribution is 2.25. The number of carbonyl (C=O) groups excluding carboxylic acids is 1. The van der Waals surface area contributed by atoms with Crippen LogP contribution in [-0.4, -0.2) is 15.2 Å². The number of phenols is 1. The molecule has 0 unspecified atom stereocenters. The molecule has 0 bridgehead atoms. The highest BCUT2D eigenvalue weighted by molar-refractivity contribution is 7.55. The van der Waals surface area contributed by atoms with Crippen molar-refractivity contribution >= 4 is 28.1 Å². The minimum atomic E-state index is -0.719. The first-order chi connectivity index (χ1) is 7.72. The average Bonchev–Trinajstić information content (AvgIpc) is 2.28. The summed E-state index contributed by atoms with van der Waals surface area (Å²) in [6.45, 7) is 0. The molecule has 80 valence electrons. The van der Waals surface area contributed by atoms with Crippen molar-refractivity contribution in [2.45, 2.75) is 0 Å². The third kappa shape index (κ3) is 1.85. The lowest BCUT2D eigenvalue weighted by molar-refractivity contribution is 0.100. The molecule has 0 aromatic heterocycles. The number of carbonyl (C=O) groups is 1. The summed E-state index contributed by atoms with van der Waals surface area (Å²) >= 11 is -0.167. The Labute approximate surface area is 94.8 Å². The monoisotopic (exact) mass is 233 g/mol. The van der Waals surface area contributed by atoms with Crippen LogP contribution in [0.1, 0.15) is 10.4 Å². The van der Waals surface area contributed by atoms with Gasteiger partial charge in [0.1, 0.15) is 5.75 Å². The Balaban J connectivity index is 2.67. The van der Waals surface area contributed by atoms with E-state index in [0.717, 1.165) is 10.8 Å². The Bertz CT molecular complexity index is 618. The summed E-state index contributed by atoms with van der Waals surface area (Å²) in [6, 6.07) is 10.3. The van der Waals surface area contributed by atoms with E-state index < -0.39 is 5.91 Å². The second kappa shape index (κ2) is 4.24. The quantitative estimate of drug-likeness (QED) is 0.820. The number of fused-ring (bicyclic) bond motifs is 1. The number of rotatable bonds is 1. The Morgan fingerprint density at radius 1 is 1.19 bits per heavy atom. The van der Waals surface area contributed by atoms with E-state index in [2.05, 4.69) is 4.36 Å². The Morgan fingerprint density at radius 3 is 2.44 bits per heavy atom. The van der Waals surface area contributed by atoms with Gasteiger partial charge in [0.15, 0.2) is 0 Å². The molecule has 4 nitrogen and oxygen atoms in total. The molecule has 2 aromatic rings. The maximum atomic E-state index is 11.4. The maximum Gasteiger partial charge on any atom is 0.293 e. The summed E-state index contributed by atoms with van der Waals surface area (Å²) < 4.78 is 13.3. The van der Waals surface area contributed by atoms with Crippen molar-refractivity contribution in [1.82, 2.24) is 0 Å². The molecule has 0 aliphatic carbocycles. The molecule has 0 atom stereocenters. The van der Waals surface area contributed by atoms with Gasteiger partial charge in [0, 0.05) is 0 Å². The summed E-state index contributed by atoms with van der Waals surface area (Å²) in [4.78, 5) is 11.4. The molecule has 0 heterocycles. The number of benzene rings is 2. The Hall–Kier alpha value is -2.01. The van der Waals surface area contributed by atoms with Gasteiger partial charge in [-0.15, -0.1) is 4.36 Å². The van der Waals surface area contributed by atoms with E-state index in [-0.39, 0.29) is 22.8 Å². The summed E-state index contributed by atoms with van der Waals surface area (Å²) in [5, 5.41) is 11.3. The largest absolute Gasteiger partial charge is 0.507 e. The Kier molecular flexibility index (Phi) is 2.78. The van der Waals surface area contributed by atoms with Gasteiger partial charge in [0.25, 0.3) is 5.91 Å². The van der Waals surface area contributed by atoms with Crippen molar-refractivity contribution in [3.8, 4) is 5.75 Å². The van der Waals surface area contributed by atoms with E-state index in [4.69, 9.17) is 0 Å². The molecule has 0 fully saturated rings. The van der Waals surface area contributed by atoms with Gasteiger partial charge in [0.2, 0.25) is 11.5 Å². The normalized spacial score (nSPS) is 10.0. The SMILES string of the molecule is O=S=NC(=O)c1cc2ccccc2cc1O. The molecule has 1 N–H and O–H groups in total. The van der Waals surface area contributed by atoms with Gasteiger partial charge >= 0.3 is 0 Å². The molecule has 0 saturated carbocycles. The molecule has 0 saturated heterocycles. The first kappa shape index (κ1) is 10.5. The van der Waals surface area contributed by atoms with Gasteiger partial charge in [0.05, 0.1) is 5.56 Å². The smallest absolute Gasteiger partial charge is 0.293 e. The number of nitrogens with zero attached hydrogens (tertiary/aromatic N) is 1. The highest BCUT2D eigenvalue weighted by Gasteiger charge is 2.11. The summed E-state index contributed by atoms with van der Waals surface area (Å²) in [5.74, 6) is -0.884. The van der Waals surface area contributed by atoms with Crippen LogP contribution in [0.15, 0.2) is 40.8 Å². The zero-order valence-electron chi connectivity index (χ0n) is 8.08. The minimum Gasteiger partial charge on any atom is -0.507 e. The van der Waals surface area contributed by atoms with Crippen molar-refractivity contribution in [2.24, 2.45) is 4.36 Å². The van der Waals surface area contributed by atoms with Crippen LogP contribution in [0, 0.1) is 0 Å². The molecular weight excluding hydrogens is 226 g/mol. The topological polar surface area (TPSA) is 66.7 Å². The fourth-order valence-electron chi connectivity index (χ4n) is 1.48. The van der Waals surface area contributed by atoms with Crippen LogP contribution >= 0.6 is 0 Å². The number of phenolic OH excluding ortho intramolecular Hbond substituents is 1. The standard InChI is InChI=1S/C11H7NO3S/c13-10-6-8-4-2-1-3-7(8)5-9(10)11(14)12-16-15/h1-6,13H. The molecular formula is C11H7NO3S. The van der Waals surface area contributed by atoms with E-state index in [0.29, 0.717) is 0 Å². The molecule has 2 rings (SSSR count). The van der Waals surface area contributed by atoms with Crippen LogP contribution in [-0.2, 0) is 11.5 Å². The van der Waals surface area contributed by atoms with E-state index >= 15 is 0 Å². The summed E-state index contributed by atoms with van der Waals surface area (Å²) in [6.07, 6.45) is 0. The highest BCUT2D eigenvalue weighted by atomic mass is 32.1. The van der Waals surface area contributed by atoms with Crippen molar-refractivity contribution in [1.29, 1.82) is 0 Å². The van der Waals surface area contributed by atoms with Crippen LogP contribution in [0.2, 0.25) is 0 Å². The molecule has 0 spiro atoms. The summed E-state index contributed by atoms with van der Waals surface area (Å²) in [5.41, 5.74) is 0.0436. The first-order valence-corrected chi connectivity index (χ1v) is 5.18. The zero-order chi connectivity index (χ0) is 11.5. The lowest BCUT2D eigenvalue weighted by atomic mass is 10.1. The van der Waals surface area contributed by atoms with E-state index in [9.17, 15) is 14.1 Å². The average molecular weight is 233 g/mol. The molecule has 2 aromatic carbocycles. The predicted octanol–water partition coefficient (Wildman–Crippen LogP) is 2.08. The second-order valence-corrected chi connectivity index (χ2v) is 3.52. The van der Waals surface area contributed by atoms with Gasteiger partial charge in [-0.05, 0) is 22.9 Å². The van der Waals surface area contributed by atoms with Gasteiger partial charge in [-0.1, -0.05) is 24.3 Å². The number of aromatic hydroxyl groups is 1. The first-order valence-electron chi connectivity index (χ1n) is 4.48. The lowest BCUT2D eigenvalue weighted by Crippen LogP contribution is -1.94. The van der Waals surface area contributed by atoms with Crippen LogP contribution in [0.25, 0.3) is 10.8 Å². The molecule has 1 amide bonds. The molecule has 0 aliphatic heterocycles. The molecule has 5 heteroatoms. The molecule has 0 aliphatic rings. The zero-order valence-corrected chi connectivity index (χ0v) is 8.90. The van der Waals surface area contributed by atoms with Crippen LogP contribution in [0.5, 0.6) is 5.75 Å². The van der Waals surface area contributed by atoms with E-state index in [1.807, 2.05) is 24.3 Å². The van der Waals surface area contributed by atoms with Gasteiger partial charge in [-0.3, -0.25) is 4.79 Å².